The Balaban J connectivity index is 0. The van der Waals surface area contributed by atoms with E-state index in [0.717, 1.165) is 6.42 Å². The second-order valence-electron chi connectivity index (χ2n) is 2.16. The van der Waals surface area contributed by atoms with Crippen LogP contribution >= 0.6 is 0 Å². The molecule has 2 nitrogen and oxygen atoms in total. The van der Waals surface area contributed by atoms with Crippen LogP contribution in [0.25, 0.3) is 0 Å². The summed E-state index contributed by atoms with van der Waals surface area (Å²) in [5.74, 6) is 0. The summed E-state index contributed by atoms with van der Waals surface area (Å²) in [4.78, 5) is 7.44. The average Bonchev–Trinajstić information content (AvgIpc) is 2.85. The van der Waals surface area contributed by atoms with Crippen LogP contribution in [0.2, 0.25) is 0 Å². The summed E-state index contributed by atoms with van der Waals surface area (Å²) in [6, 6.07) is 7.56. The van der Waals surface area contributed by atoms with Crippen molar-refractivity contribution >= 4 is 0 Å². The molecule has 0 atom stereocenters. The van der Waals surface area contributed by atoms with Crippen LogP contribution < -0.4 is 9.97 Å². The van der Waals surface area contributed by atoms with E-state index in [-0.39, 0.29) is 19.5 Å². The number of hydrogen-bond acceptors (Lipinski definition) is 0. The van der Waals surface area contributed by atoms with Gasteiger partial charge in [0.2, 0.25) is 0 Å². The van der Waals surface area contributed by atoms with E-state index in [2.05, 4.69) is 16.9 Å². The van der Waals surface area contributed by atoms with E-state index in [1.807, 2.05) is 31.2 Å². The SMILES string of the molecule is [CH2-]CC.[Ru+3].c1cc[n-]c1.c1cc[n-]c1. The van der Waals surface area contributed by atoms with Crippen molar-refractivity contribution in [1.29, 1.82) is 0 Å². The van der Waals surface area contributed by atoms with Crippen LogP contribution in [0, 0.1) is 6.92 Å². The summed E-state index contributed by atoms with van der Waals surface area (Å²) in [6.07, 6.45) is 8.00. The Morgan fingerprint density at radius 3 is 1.14 bits per heavy atom. The van der Waals surface area contributed by atoms with Crippen molar-refractivity contribution in [2.24, 2.45) is 0 Å². The molecule has 3 heteroatoms. The molecule has 0 saturated carbocycles. The standard InChI is InChI=1S/2C4H4N.C3H7.Ru/c2*1-2-4-5-3-1;1-3-2;/h2*1-4H;1,3H2,2H3;/q3*-1;+3. The maximum atomic E-state index is 3.72. The largest absolute Gasteiger partial charge is 3.00 e. The van der Waals surface area contributed by atoms with Crippen molar-refractivity contribution < 1.29 is 19.5 Å². The molecule has 0 bridgehead atoms. The van der Waals surface area contributed by atoms with E-state index >= 15 is 0 Å². The monoisotopic (exact) mass is 277 g/mol. The zero-order valence-electron chi connectivity index (χ0n) is 8.28. The molecular formula is C11H15N2Ru. The van der Waals surface area contributed by atoms with E-state index in [0.29, 0.717) is 0 Å². The summed E-state index contributed by atoms with van der Waals surface area (Å²) in [5.41, 5.74) is 0. The second kappa shape index (κ2) is 14.7. The van der Waals surface area contributed by atoms with Gasteiger partial charge in [-0.25, -0.2) is 0 Å². The Morgan fingerprint density at radius 2 is 1.07 bits per heavy atom. The topological polar surface area (TPSA) is 28.2 Å². The molecule has 2 aromatic heterocycles. The predicted molar refractivity (Wildman–Crippen MR) is 55.2 cm³/mol. The molecule has 0 spiro atoms. The Hall–Kier alpha value is -0.817. The van der Waals surface area contributed by atoms with Gasteiger partial charge in [0.1, 0.15) is 0 Å². The van der Waals surface area contributed by atoms with Gasteiger partial charge < -0.3 is 16.9 Å². The van der Waals surface area contributed by atoms with Gasteiger partial charge in [0.05, 0.1) is 0 Å². The minimum Gasteiger partial charge on any atom is -0.670 e. The van der Waals surface area contributed by atoms with Crippen molar-refractivity contribution in [3.63, 3.8) is 0 Å². The van der Waals surface area contributed by atoms with Crippen molar-refractivity contribution in [1.82, 2.24) is 9.97 Å². The van der Waals surface area contributed by atoms with Crippen molar-refractivity contribution in [3.8, 4) is 0 Å². The van der Waals surface area contributed by atoms with Gasteiger partial charge in [0, 0.05) is 0 Å². The van der Waals surface area contributed by atoms with Crippen molar-refractivity contribution in [2.75, 3.05) is 0 Å². The molecular weight excluding hydrogens is 261 g/mol. The van der Waals surface area contributed by atoms with Gasteiger partial charge in [-0.1, -0.05) is 31.2 Å². The summed E-state index contributed by atoms with van der Waals surface area (Å²) < 4.78 is 0. The molecule has 77 valence electrons. The smallest absolute Gasteiger partial charge is 0.670 e. The zero-order chi connectivity index (χ0) is 9.78. The molecule has 0 aromatic carbocycles. The Bertz CT molecular complexity index is 165. The van der Waals surface area contributed by atoms with Crippen molar-refractivity contribution in [2.45, 2.75) is 13.3 Å². The van der Waals surface area contributed by atoms with Crippen LogP contribution in [-0.2, 0) is 19.5 Å². The maximum absolute atomic E-state index is 3.72. The molecule has 2 rings (SSSR count). The second-order valence-corrected chi connectivity index (χ2v) is 2.16. The van der Waals surface area contributed by atoms with Crippen LogP contribution in [0.3, 0.4) is 0 Å². The fourth-order valence-corrected chi connectivity index (χ4v) is 0.497. The minimum absolute atomic E-state index is 0. The van der Waals surface area contributed by atoms with Gasteiger partial charge in [0.25, 0.3) is 0 Å². The number of hydrogen-bond donors (Lipinski definition) is 0. The first-order valence-corrected chi connectivity index (χ1v) is 4.24. The van der Waals surface area contributed by atoms with E-state index < -0.39 is 0 Å². The van der Waals surface area contributed by atoms with E-state index in [1.165, 1.54) is 0 Å². The fraction of sp³-hybridized carbons (Fsp3) is 0.182. The number of aromatic nitrogens is 2. The summed E-state index contributed by atoms with van der Waals surface area (Å²) >= 11 is 0. The van der Waals surface area contributed by atoms with Gasteiger partial charge in [-0.15, -0.1) is 0 Å². The fourth-order valence-electron chi connectivity index (χ4n) is 0.497. The molecule has 2 aromatic rings. The molecule has 0 unspecified atom stereocenters. The quantitative estimate of drug-likeness (QED) is 0.546. The molecule has 0 saturated heterocycles. The third kappa shape index (κ3) is 13.8. The van der Waals surface area contributed by atoms with Crippen LogP contribution in [0.1, 0.15) is 13.3 Å². The van der Waals surface area contributed by atoms with Crippen molar-refractivity contribution in [3.05, 3.63) is 56.0 Å². The summed E-state index contributed by atoms with van der Waals surface area (Å²) in [7, 11) is 0. The molecule has 0 aliphatic rings. The third-order valence-corrected chi connectivity index (χ3v) is 0.911. The minimum atomic E-state index is 0. The van der Waals surface area contributed by atoms with Crippen LogP contribution in [0.15, 0.2) is 49.1 Å². The summed E-state index contributed by atoms with van der Waals surface area (Å²) in [5, 5.41) is 0. The molecule has 1 radical (unpaired) electrons. The Kier molecular flexibility index (Phi) is 16.4. The van der Waals surface area contributed by atoms with Crippen LogP contribution in [-0.4, -0.2) is 0 Å². The van der Waals surface area contributed by atoms with Crippen LogP contribution in [0.4, 0.5) is 0 Å². The maximum Gasteiger partial charge on any atom is 3.00 e. The average molecular weight is 276 g/mol. The molecule has 0 amide bonds. The molecule has 0 fully saturated rings. The van der Waals surface area contributed by atoms with E-state index in [1.54, 1.807) is 24.8 Å². The summed E-state index contributed by atoms with van der Waals surface area (Å²) in [6.45, 7) is 5.50. The molecule has 2 heterocycles. The predicted octanol–water partition coefficient (Wildman–Crippen LogP) is 2.52. The first-order chi connectivity index (χ1) is 6.41. The third-order valence-electron chi connectivity index (χ3n) is 0.911. The Morgan fingerprint density at radius 1 is 0.857 bits per heavy atom. The molecule has 0 aliphatic carbocycles. The normalized spacial score (nSPS) is 7.00. The number of nitrogens with zero attached hydrogens (tertiary/aromatic N) is 2. The van der Waals surface area contributed by atoms with Gasteiger partial charge in [-0.05, 0) is 0 Å². The van der Waals surface area contributed by atoms with E-state index in [9.17, 15) is 0 Å². The Labute approximate surface area is 98.9 Å². The number of rotatable bonds is 0. The van der Waals surface area contributed by atoms with E-state index in [4.69, 9.17) is 0 Å². The molecule has 14 heavy (non-hydrogen) atoms. The van der Waals surface area contributed by atoms with Gasteiger partial charge in [0.15, 0.2) is 0 Å². The molecule has 0 N–H and O–H groups in total. The first-order valence-electron chi connectivity index (χ1n) is 4.24. The van der Waals surface area contributed by atoms with Crippen LogP contribution in [0.5, 0.6) is 0 Å². The van der Waals surface area contributed by atoms with Gasteiger partial charge in [-0.2, -0.15) is 31.2 Å². The first kappa shape index (κ1) is 15.6. The van der Waals surface area contributed by atoms with Gasteiger partial charge >= 0.3 is 19.5 Å². The molecule has 0 aliphatic heterocycles. The zero-order valence-corrected chi connectivity index (χ0v) is 10.0. The van der Waals surface area contributed by atoms with Gasteiger partial charge in [-0.3, -0.25) is 0 Å².